The fourth-order valence-electron chi connectivity index (χ4n) is 2.30. The summed E-state index contributed by atoms with van der Waals surface area (Å²) < 4.78 is 0. The Bertz CT molecular complexity index is 607. The lowest BCUT2D eigenvalue weighted by molar-refractivity contribution is 0.201. The first-order valence-corrected chi connectivity index (χ1v) is 7.43. The topological polar surface area (TPSA) is 45.2 Å². The Balaban J connectivity index is 2.00. The Morgan fingerprint density at radius 3 is 2.86 bits per heavy atom. The van der Waals surface area contributed by atoms with Crippen molar-refractivity contribution in [3.8, 4) is 0 Å². The molecule has 0 saturated heterocycles. The van der Waals surface area contributed by atoms with Crippen LogP contribution in [0.2, 0.25) is 0 Å². The third kappa shape index (κ3) is 3.94. The molecule has 0 aliphatic rings. The minimum atomic E-state index is -0.0387. The molecule has 1 aromatic carbocycles. The summed E-state index contributed by atoms with van der Waals surface area (Å²) in [7, 11) is 1.84. The Labute approximate surface area is 126 Å². The molecule has 4 nitrogen and oxygen atoms in total. The number of hydrogen-bond donors (Lipinski definition) is 1. The van der Waals surface area contributed by atoms with Crippen molar-refractivity contribution >= 4 is 16.9 Å². The lowest BCUT2D eigenvalue weighted by Gasteiger charge is -2.21. The molecule has 21 heavy (non-hydrogen) atoms. The van der Waals surface area contributed by atoms with Crippen molar-refractivity contribution in [3.05, 3.63) is 42.1 Å². The first kappa shape index (κ1) is 15.3. The molecule has 2 aromatic rings. The highest BCUT2D eigenvalue weighted by Gasteiger charge is 2.11. The SMILES string of the molecule is CC[C@H](C)CN(C)C(=O)NCc1cccc2cccnc12. The highest BCUT2D eigenvalue weighted by atomic mass is 16.2. The van der Waals surface area contributed by atoms with E-state index >= 15 is 0 Å². The number of nitrogens with zero attached hydrogens (tertiary/aromatic N) is 2. The van der Waals surface area contributed by atoms with Crippen LogP contribution < -0.4 is 5.32 Å². The van der Waals surface area contributed by atoms with Gasteiger partial charge >= 0.3 is 6.03 Å². The minimum absolute atomic E-state index is 0.0387. The smallest absolute Gasteiger partial charge is 0.317 e. The number of hydrogen-bond acceptors (Lipinski definition) is 2. The number of carbonyl (C=O) groups excluding carboxylic acids is 1. The number of rotatable bonds is 5. The summed E-state index contributed by atoms with van der Waals surface area (Å²) >= 11 is 0. The number of para-hydroxylation sites is 1. The summed E-state index contributed by atoms with van der Waals surface area (Å²) in [6.45, 7) is 5.56. The van der Waals surface area contributed by atoms with Crippen molar-refractivity contribution in [2.24, 2.45) is 5.92 Å². The molecule has 0 spiro atoms. The number of fused-ring (bicyclic) bond motifs is 1. The second-order valence-electron chi connectivity index (χ2n) is 5.54. The molecule has 1 aromatic heterocycles. The standard InChI is InChI=1S/C17H23N3O/c1-4-13(2)12-20(3)17(21)19-11-15-8-5-7-14-9-6-10-18-16(14)15/h5-10,13H,4,11-12H2,1-3H3,(H,19,21)/t13-/m0/s1. The Kier molecular flexibility index (Phi) is 5.14. The maximum Gasteiger partial charge on any atom is 0.317 e. The van der Waals surface area contributed by atoms with Crippen LogP contribution in [-0.4, -0.2) is 29.5 Å². The van der Waals surface area contributed by atoms with Crippen molar-refractivity contribution in [1.29, 1.82) is 0 Å². The van der Waals surface area contributed by atoms with Gasteiger partial charge in [0.05, 0.1) is 5.52 Å². The fourth-order valence-corrected chi connectivity index (χ4v) is 2.30. The number of nitrogens with one attached hydrogen (secondary N) is 1. The van der Waals surface area contributed by atoms with Crippen molar-refractivity contribution < 1.29 is 4.79 Å². The van der Waals surface area contributed by atoms with E-state index in [2.05, 4.69) is 24.1 Å². The quantitative estimate of drug-likeness (QED) is 0.915. The van der Waals surface area contributed by atoms with E-state index in [1.807, 2.05) is 37.4 Å². The van der Waals surface area contributed by atoms with Gasteiger partial charge in [-0.3, -0.25) is 4.98 Å². The molecule has 1 atom stereocenters. The number of pyridine rings is 1. The fraction of sp³-hybridized carbons (Fsp3) is 0.412. The molecule has 0 saturated carbocycles. The molecule has 1 heterocycles. The largest absolute Gasteiger partial charge is 0.334 e. The van der Waals surface area contributed by atoms with Crippen molar-refractivity contribution in [1.82, 2.24) is 15.2 Å². The molecule has 4 heteroatoms. The van der Waals surface area contributed by atoms with Crippen LogP contribution in [0.1, 0.15) is 25.8 Å². The molecule has 0 aliphatic heterocycles. The summed E-state index contributed by atoms with van der Waals surface area (Å²) in [5.41, 5.74) is 1.99. The molecule has 0 fully saturated rings. The average molecular weight is 285 g/mol. The molecule has 0 aliphatic carbocycles. The molecule has 0 unspecified atom stereocenters. The Morgan fingerprint density at radius 2 is 2.10 bits per heavy atom. The number of carbonyl (C=O) groups is 1. The summed E-state index contributed by atoms with van der Waals surface area (Å²) in [6.07, 6.45) is 2.85. The average Bonchev–Trinajstić information content (AvgIpc) is 2.52. The molecule has 1 N–H and O–H groups in total. The van der Waals surface area contributed by atoms with E-state index < -0.39 is 0 Å². The van der Waals surface area contributed by atoms with E-state index in [1.165, 1.54) is 0 Å². The normalized spacial score (nSPS) is 12.1. The minimum Gasteiger partial charge on any atom is -0.334 e. The van der Waals surface area contributed by atoms with Crippen molar-refractivity contribution in [3.63, 3.8) is 0 Å². The predicted octanol–water partition coefficient (Wildman–Crippen LogP) is 3.42. The first-order chi connectivity index (χ1) is 10.1. The van der Waals surface area contributed by atoms with Gasteiger partial charge in [-0.15, -0.1) is 0 Å². The van der Waals surface area contributed by atoms with Crippen LogP contribution in [0, 0.1) is 5.92 Å². The summed E-state index contributed by atoms with van der Waals surface area (Å²) in [5.74, 6) is 0.514. The second-order valence-corrected chi connectivity index (χ2v) is 5.54. The van der Waals surface area contributed by atoms with Gasteiger partial charge in [0.1, 0.15) is 0 Å². The number of urea groups is 1. The highest BCUT2D eigenvalue weighted by Crippen LogP contribution is 2.15. The van der Waals surface area contributed by atoms with E-state index in [0.29, 0.717) is 12.5 Å². The third-order valence-corrected chi connectivity index (χ3v) is 3.78. The van der Waals surface area contributed by atoms with Gasteiger partial charge in [-0.2, -0.15) is 0 Å². The van der Waals surface area contributed by atoms with Gasteiger partial charge in [0.15, 0.2) is 0 Å². The molecule has 2 amide bonds. The summed E-state index contributed by atoms with van der Waals surface area (Å²) in [6, 6.07) is 9.94. The first-order valence-electron chi connectivity index (χ1n) is 7.43. The Morgan fingerprint density at radius 1 is 1.33 bits per heavy atom. The molecular formula is C17H23N3O. The van der Waals surface area contributed by atoms with Crippen LogP contribution in [0.4, 0.5) is 4.79 Å². The summed E-state index contributed by atoms with van der Waals surface area (Å²) in [4.78, 5) is 18.2. The van der Waals surface area contributed by atoms with Gasteiger partial charge in [0, 0.05) is 31.7 Å². The Hall–Kier alpha value is -2.10. The van der Waals surface area contributed by atoms with Crippen molar-refractivity contribution in [2.45, 2.75) is 26.8 Å². The third-order valence-electron chi connectivity index (χ3n) is 3.78. The van der Waals surface area contributed by atoms with Gasteiger partial charge < -0.3 is 10.2 Å². The van der Waals surface area contributed by atoms with Crippen molar-refractivity contribution in [2.75, 3.05) is 13.6 Å². The molecule has 112 valence electrons. The molecular weight excluding hydrogens is 262 g/mol. The lowest BCUT2D eigenvalue weighted by Crippen LogP contribution is -2.39. The zero-order valence-electron chi connectivity index (χ0n) is 13.0. The lowest BCUT2D eigenvalue weighted by atomic mass is 10.1. The van der Waals surface area contributed by atoms with E-state index in [9.17, 15) is 4.79 Å². The van der Waals surface area contributed by atoms with Crippen LogP contribution in [-0.2, 0) is 6.54 Å². The number of benzene rings is 1. The molecule has 0 bridgehead atoms. The van der Waals surface area contributed by atoms with Gasteiger partial charge in [-0.25, -0.2) is 4.79 Å². The number of amides is 2. The molecule has 0 radical (unpaired) electrons. The molecule has 2 rings (SSSR count). The van der Waals surface area contributed by atoms with Crippen LogP contribution in [0.15, 0.2) is 36.5 Å². The van der Waals surface area contributed by atoms with Crippen LogP contribution >= 0.6 is 0 Å². The van der Waals surface area contributed by atoms with E-state index in [1.54, 1.807) is 11.1 Å². The second kappa shape index (κ2) is 7.07. The zero-order valence-corrected chi connectivity index (χ0v) is 13.0. The zero-order chi connectivity index (χ0) is 15.2. The van der Waals surface area contributed by atoms with Gasteiger partial charge in [-0.1, -0.05) is 44.5 Å². The highest BCUT2D eigenvalue weighted by molar-refractivity contribution is 5.82. The summed E-state index contributed by atoms with van der Waals surface area (Å²) in [5, 5.41) is 4.06. The van der Waals surface area contributed by atoms with Gasteiger partial charge in [0.2, 0.25) is 0 Å². The van der Waals surface area contributed by atoms with E-state index in [-0.39, 0.29) is 6.03 Å². The maximum atomic E-state index is 12.1. The van der Waals surface area contributed by atoms with E-state index in [4.69, 9.17) is 0 Å². The van der Waals surface area contributed by atoms with Crippen LogP contribution in [0.5, 0.6) is 0 Å². The monoisotopic (exact) mass is 285 g/mol. The van der Waals surface area contributed by atoms with Crippen LogP contribution in [0.25, 0.3) is 10.9 Å². The van der Waals surface area contributed by atoms with E-state index in [0.717, 1.165) is 29.4 Å². The van der Waals surface area contributed by atoms with Gasteiger partial charge in [-0.05, 0) is 17.5 Å². The number of aromatic nitrogens is 1. The maximum absolute atomic E-state index is 12.1. The predicted molar refractivity (Wildman–Crippen MR) is 86.1 cm³/mol. The van der Waals surface area contributed by atoms with Crippen LogP contribution in [0.3, 0.4) is 0 Å². The van der Waals surface area contributed by atoms with Gasteiger partial charge in [0.25, 0.3) is 0 Å².